The van der Waals surface area contributed by atoms with Crippen molar-refractivity contribution in [1.29, 1.82) is 0 Å². The molecule has 42 valence electrons. The summed E-state index contributed by atoms with van der Waals surface area (Å²) in [5, 5.41) is 0. The molecule has 0 aromatic heterocycles. The summed E-state index contributed by atoms with van der Waals surface area (Å²) in [4.78, 5) is 0. The van der Waals surface area contributed by atoms with Crippen molar-refractivity contribution in [3.8, 4) is 0 Å². The van der Waals surface area contributed by atoms with Crippen LogP contribution in [-0.2, 0) is 0 Å². The first-order valence-electron chi connectivity index (χ1n) is 2.51. The van der Waals surface area contributed by atoms with E-state index in [-0.39, 0.29) is 0 Å². The fourth-order valence-corrected chi connectivity index (χ4v) is 5.77. The van der Waals surface area contributed by atoms with Gasteiger partial charge in [-0.3, -0.25) is 0 Å². The molecule has 0 saturated carbocycles. The predicted molar refractivity (Wildman–Crippen MR) is 42.6 cm³/mol. The minimum absolute atomic E-state index is 0.833. The highest BCUT2D eigenvalue weighted by Crippen LogP contribution is 2.63. The molecular weight excluding hydrogens is 140 g/mol. The van der Waals surface area contributed by atoms with Crippen molar-refractivity contribution < 1.29 is 0 Å². The molecular formula is C4H10S2Si. The van der Waals surface area contributed by atoms with Crippen molar-refractivity contribution in [2.75, 3.05) is 0 Å². The molecule has 0 aliphatic carbocycles. The summed E-state index contributed by atoms with van der Waals surface area (Å²) in [5.74, 6) is 0. The van der Waals surface area contributed by atoms with Crippen LogP contribution < -0.4 is 0 Å². The maximum absolute atomic E-state index is 4.43. The van der Waals surface area contributed by atoms with E-state index in [0.717, 1.165) is 11.1 Å². The van der Waals surface area contributed by atoms with Crippen molar-refractivity contribution in [1.82, 2.24) is 0 Å². The molecule has 0 aromatic rings. The largest absolute Gasteiger partial charge is 0.189 e. The molecule has 0 N–H and O–H groups in total. The van der Waals surface area contributed by atoms with Gasteiger partial charge in [0, 0.05) is 0 Å². The normalized spacial score (nSPS) is 46.3. The van der Waals surface area contributed by atoms with Gasteiger partial charge in [-0.1, -0.05) is 13.8 Å². The minimum atomic E-state index is -1.18. The van der Waals surface area contributed by atoms with Gasteiger partial charge in [0.05, 0.1) is 0 Å². The summed E-state index contributed by atoms with van der Waals surface area (Å²) in [6, 6.07) is 0. The smallest absolute Gasteiger partial charge is 0.175 e. The summed E-state index contributed by atoms with van der Waals surface area (Å²) in [7, 11) is 0. The molecule has 0 aromatic carbocycles. The highest BCUT2D eigenvalue weighted by atomic mass is 32.5. The zero-order chi connectivity index (χ0) is 5.65. The first-order chi connectivity index (χ1) is 3.07. The molecule has 1 rings (SSSR count). The zero-order valence-electron chi connectivity index (χ0n) is 4.55. The average Bonchev–Trinajstić information content (AvgIpc) is 1.91. The molecule has 1 heterocycles. The van der Waals surface area contributed by atoms with Gasteiger partial charge in [-0.15, -0.1) is 0 Å². The predicted octanol–water partition coefficient (Wildman–Crippen LogP) is 2.08. The van der Waals surface area contributed by atoms with Gasteiger partial charge in [0.25, 0.3) is 0 Å². The van der Waals surface area contributed by atoms with E-state index in [1.165, 1.54) is 0 Å². The summed E-state index contributed by atoms with van der Waals surface area (Å²) in [6.45, 7) is 4.47. The Morgan fingerprint density at radius 3 is 1.29 bits per heavy atom. The van der Waals surface area contributed by atoms with Crippen LogP contribution in [0.15, 0.2) is 0 Å². The standard InChI is InChI=1S/C4H10S2Si/c1-3-4(2)7(3,5)6/h3-6H,1-2H3. The van der Waals surface area contributed by atoms with Gasteiger partial charge in [-0.2, -0.15) is 24.2 Å². The summed E-state index contributed by atoms with van der Waals surface area (Å²) in [5.41, 5.74) is 1.67. The van der Waals surface area contributed by atoms with Gasteiger partial charge < -0.3 is 0 Å². The Morgan fingerprint density at radius 2 is 1.29 bits per heavy atom. The number of thiol groups is 2. The van der Waals surface area contributed by atoms with E-state index in [1.807, 2.05) is 0 Å². The summed E-state index contributed by atoms with van der Waals surface area (Å²) in [6.07, 6.45) is -1.18. The van der Waals surface area contributed by atoms with Gasteiger partial charge >= 0.3 is 0 Å². The maximum atomic E-state index is 4.43. The van der Waals surface area contributed by atoms with Gasteiger partial charge in [-0.05, 0) is 11.1 Å². The quantitative estimate of drug-likeness (QED) is 0.383. The van der Waals surface area contributed by atoms with Crippen molar-refractivity contribution in [2.45, 2.75) is 24.9 Å². The van der Waals surface area contributed by atoms with E-state index in [2.05, 4.69) is 38.0 Å². The van der Waals surface area contributed by atoms with Crippen LogP contribution in [0, 0.1) is 0 Å². The third-order valence-electron chi connectivity index (χ3n) is 1.98. The molecule has 1 aliphatic rings. The van der Waals surface area contributed by atoms with Crippen LogP contribution in [-0.4, -0.2) is 6.37 Å². The second kappa shape index (κ2) is 1.45. The van der Waals surface area contributed by atoms with Crippen LogP contribution in [0.4, 0.5) is 0 Å². The lowest BCUT2D eigenvalue weighted by atomic mass is 10.4. The maximum Gasteiger partial charge on any atom is 0.175 e. The van der Waals surface area contributed by atoms with Crippen LogP contribution in [0.1, 0.15) is 13.8 Å². The molecule has 1 fully saturated rings. The van der Waals surface area contributed by atoms with E-state index in [9.17, 15) is 0 Å². The first kappa shape index (κ1) is 6.04. The van der Waals surface area contributed by atoms with Crippen LogP contribution >= 0.6 is 24.2 Å². The fraction of sp³-hybridized carbons (Fsp3) is 1.00. The molecule has 2 atom stereocenters. The van der Waals surface area contributed by atoms with Gasteiger partial charge in [0.15, 0.2) is 6.37 Å². The second-order valence-corrected chi connectivity index (χ2v) is 11.2. The Morgan fingerprint density at radius 1 is 1.14 bits per heavy atom. The van der Waals surface area contributed by atoms with Crippen molar-refractivity contribution in [2.24, 2.45) is 0 Å². The molecule has 0 nitrogen and oxygen atoms in total. The lowest BCUT2D eigenvalue weighted by Gasteiger charge is -1.88. The van der Waals surface area contributed by atoms with Gasteiger partial charge in [0.1, 0.15) is 0 Å². The lowest BCUT2D eigenvalue weighted by Crippen LogP contribution is -1.92. The molecule has 2 unspecified atom stereocenters. The van der Waals surface area contributed by atoms with Crippen LogP contribution in [0.3, 0.4) is 0 Å². The lowest BCUT2D eigenvalue weighted by molar-refractivity contribution is 1.02. The molecule has 0 radical (unpaired) electrons. The molecule has 1 saturated heterocycles. The van der Waals surface area contributed by atoms with Crippen LogP contribution in [0.5, 0.6) is 0 Å². The molecule has 7 heavy (non-hydrogen) atoms. The highest BCUT2D eigenvalue weighted by molar-refractivity contribution is 8.47. The number of rotatable bonds is 0. The van der Waals surface area contributed by atoms with Crippen molar-refractivity contribution >= 4 is 30.5 Å². The van der Waals surface area contributed by atoms with E-state index in [0.29, 0.717) is 0 Å². The molecule has 0 amide bonds. The monoisotopic (exact) mass is 150 g/mol. The first-order valence-corrected chi connectivity index (χ1v) is 7.25. The molecule has 0 bridgehead atoms. The summed E-state index contributed by atoms with van der Waals surface area (Å²) < 4.78 is 0. The molecule has 0 spiro atoms. The van der Waals surface area contributed by atoms with Crippen molar-refractivity contribution in [3.63, 3.8) is 0 Å². The van der Waals surface area contributed by atoms with E-state index >= 15 is 0 Å². The third-order valence-corrected chi connectivity index (χ3v) is 10.2. The van der Waals surface area contributed by atoms with Gasteiger partial charge in [-0.25, -0.2) is 0 Å². The second-order valence-electron chi connectivity index (χ2n) is 2.36. The van der Waals surface area contributed by atoms with E-state index in [1.54, 1.807) is 0 Å². The molecule has 1 aliphatic heterocycles. The Balaban J connectivity index is 2.52. The zero-order valence-corrected chi connectivity index (χ0v) is 7.34. The Hall–Kier alpha value is 0.917. The Labute approximate surface area is 55.8 Å². The van der Waals surface area contributed by atoms with E-state index in [4.69, 9.17) is 0 Å². The number of hydrogen-bond donors (Lipinski definition) is 2. The minimum Gasteiger partial charge on any atom is -0.189 e. The average molecular weight is 150 g/mol. The van der Waals surface area contributed by atoms with Crippen LogP contribution in [0.25, 0.3) is 0 Å². The van der Waals surface area contributed by atoms with Crippen LogP contribution in [0.2, 0.25) is 11.1 Å². The fourth-order valence-electron chi connectivity index (χ4n) is 0.732. The van der Waals surface area contributed by atoms with Gasteiger partial charge in [0.2, 0.25) is 0 Å². The number of hydrogen-bond acceptors (Lipinski definition) is 2. The van der Waals surface area contributed by atoms with Crippen molar-refractivity contribution in [3.05, 3.63) is 0 Å². The van der Waals surface area contributed by atoms with E-state index < -0.39 is 6.37 Å². The SMILES string of the molecule is CC1C(C)[Si]1(S)S. The topological polar surface area (TPSA) is 0 Å². The highest BCUT2D eigenvalue weighted by Gasteiger charge is 2.56. The Bertz CT molecular complexity index is 81.7. The molecule has 3 heteroatoms. The third kappa shape index (κ3) is 0.752. The summed E-state index contributed by atoms with van der Waals surface area (Å²) >= 11 is 8.85. The Kier molecular flexibility index (Phi) is 1.25.